The molecule has 0 aliphatic rings. The van der Waals surface area contributed by atoms with Crippen LogP contribution in [0, 0.1) is 5.92 Å². The number of hydrogen-bond acceptors (Lipinski definition) is 3. The summed E-state index contributed by atoms with van der Waals surface area (Å²) in [6.45, 7) is 1.91. The minimum atomic E-state index is -3.26. The monoisotopic (exact) mass is 280 g/mol. The van der Waals surface area contributed by atoms with Gasteiger partial charge in [-0.1, -0.05) is 13.3 Å². The van der Waals surface area contributed by atoms with Crippen LogP contribution in [0.15, 0.2) is 0 Å². The van der Waals surface area contributed by atoms with E-state index in [2.05, 4.69) is 0 Å². The van der Waals surface area contributed by atoms with E-state index in [1.165, 1.54) is 0 Å². The average Bonchev–Trinajstić information content (AvgIpc) is 2.25. The third-order valence-electron chi connectivity index (χ3n) is 2.74. The molecule has 0 rings (SSSR count). The van der Waals surface area contributed by atoms with E-state index in [4.69, 9.17) is 10.2 Å². The number of hydrogen-bond donors (Lipinski definition) is 3. The van der Waals surface area contributed by atoms with Crippen molar-refractivity contribution in [2.75, 3.05) is 12.3 Å². The van der Waals surface area contributed by atoms with Crippen LogP contribution < -0.4 is 0 Å². The Kier molecular flexibility index (Phi) is 7.87. The molecular formula is C11H21O6P. The SMILES string of the molecule is CCCCP(=O)(O)CCC(CCC(=O)O)C(=O)O. The zero-order chi connectivity index (χ0) is 14.2. The lowest BCUT2D eigenvalue weighted by Gasteiger charge is -2.14. The van der Waals surface area contributed by atoms with E-state index in [1.54, 1.807) is 0 Å². The molecule has 0 bridgehead atoms. The fraction of sp³-hybridized carbons (Fsp3) is 0.818. The van der Waals surface area contributed by atoms with Crippen LogP contribution in [0.4, 0.5) is 0 Å². The van der Waals surface area contributed by atoms with Crippen molar-refractivity contribution < 1.29 is 29.3 Å². The predicted molar refractivity (Wildman–Crippen MR) is 67.1 cm³/mol. The molecule has 0 aromatic rings. The van der Waals surface area contributed by atoms with Gasteiger partial charge in [-0.3, -0.25) is 14.2 Å². The Morgan fingerprint density at radius 3 is 2.22 bits per heavy atom. The molecule has 3 N–H and O–H groups in total. The number of carboxylic acids is 2. The normalized spacial score (nSPS) is 15.9. The molecule has 0 aromatic carbocycles. The number of unbranched alkanes of at least 4 members (excludes halogenated alkanes) is 1. The van der Waals surface area contributed by atoms with Gasteiger partial charge in [-0.25, -0.2) is 0 Å². The van der Waals surface area contributed by atoms with Crippen LogP contribution in [-0.4, -0.2) is 39.4 Å². The number of carboxylic acid groups (broad SMARTS) is 2. The number of carbonyl (C=O) groups is 2. The third kappa shape index (κ3) is 8.25. The lowest BCUT2D eigenvalue weighted by atomic mass is 10.0. The lowest BCUT2D eigenvalue weighted by molar-refractivity contribution is -0.143. The second-order valence-electron chi connectivity index (χ2n) is 4.40. The first-order valence-electron chi connectivity index (χ1n) is 6.04. The summed E-state index contributed by atoms with van der Waals surface area (Å²) < 4.78 is 11.7. The second kappa shape index (κ2) is 8.27. The fourth-order valence-electron chi connectivity index (χ4n) is 1.56. The van der Waals surface area contributed by atoms with Gasteiger partial charge < -0.3 is 15.1 Å². The topological polar surface area (TPSA) is 112 Å². The van der Waals surface area contributed by atoms with Gasteiger partial charge in [0.25, 0.3) is 0 Å². The van der Waals surface area contributed by atoms with Crippen molar-refractivity contribution in [3.63, 3.8) is 0 Å². The summed E-state index contributed by atoms with van der Waals surface area (Å²) in [6.07, 6.45) is 1.42. The van der Waals surface area contributed by atoms with Crippen LogP contribution in [-0.2, 0) is 14.2 Å². The number of rotatable bonds is 10. The Morgan fingerprint density at radius 2 is 1.78 bits per heavy atom. The largest absolute Gasteiger partial charge is 0.481 e. The first-order valence-corrected chi connectivity index (χ1v) is 8.07. The van der Waals surface area contributed by atoms with Crippen molar-refractivity contribution >= 4 is 19.3 Å². The van der Waals surface area contributed by atoms with Crippen LogP contribution >= 0.6 is 7.37 Å². The summed E-state index contributed by atoms with van der Waals surface area (Å²) in [5.41, 5.74) is 0. The summed E-state index contributed by atoms with van der Waals surface area (Å²) in [5.74, 6) is -3.02. The summed E-state index contributed by atoms with van der Waals surface area (Å²) in [4.78, 5) is 30.9. The molecule has 0 fully saturated rings. The molecule has 0 saturated heterocycles. The van der Waals surface area contributed by atoms with Gasteiger partial charge in [0.1, 0.15) is 0 Å². The van der Waals surface area contributed by atoms with Crippen molar-refractivity contribution in [2.24, 2.45) is 5.92 Å². The molecule has 0 aliphatic heterocycles. The van der Waals surface area contributed by atoms with E-state index in [1.807, 2.05) is 6.92 Å². The first-order chi connectivity index (χ1) is 8.28. The zero-order valence-corrected chi connectivity index (χ0v) is 11.4. The molecular weight excluding hydrogens is 259 g/mol. The molecule has 7 heteroatoms. The van der Waals surface area contributed by atoms with Crippen LogP contribution in [0.25, 0.3) is 0 Å². The van der Waals surface area contributed by atoms with Gasteiger partial charge >= 0.3 is 11.9 Å². The molecule has 0 aliphatic carbocycles. The van der Waals surface area contributed by atoms with E-state index < -0.39 is 25.2 Å². The zero-order valence-electron chi connectivity index (χ0n) is 10.5. The maximum Gasteiger partial charge on any atom is 0.306 e. The van der Waals surface area contributed by atoms with Gasteiger partial charge in [0, 0.05) is 18.7 Å². The molecule has 0 amide bonds. The Bertz CT molecular complexity index is 327. The number of aliphatic carboxylic acids is 2. The van der Waals surface area contributed by atoms with Crippen LogP contribution in [0.2, 0.25) is 0 Å². The third-order valence-corrected chi connectivity index (χ3v) is 4.72. The minimum Gasteiger partial charge on any atom is -0.481 e. The van der Waals surface area contributed by atoms with Crippen molar-refractivity contribution in [3.05, 3.63) is 0 Å². The fourth-order valence-corrected chi connectivity index (χ4v) is 3.31. The minimum absolute atomic E-state index is 0.00154. The highest BCUT2D eigenvalue weighted by atomic mass is 31.2. The quantitative estimate of drug-likeness (QED) is 0.528. The molecule has 106 valence electrons. The molecule has 0 aromatic heterocycles. The van der Waals surface area contributed by atoms with Crippen molar-refractivity contribution in [3.8, 4) is 0 Å². The predicted octanol–water partition coefficient (Wildman–Crippen LogP) is 2.01. The Morgan fingerprint density at radius 1 is 1.17 bits per heavy atom. The summed E-state index contributed by atoms with van der Waals surface area (Å²) in [6, 6.07) is 0. The Labute approximate surface area is 106 Å². The average molecular weight is 280 g/mol. The van der Waals surface area contributed by atoms with Gasteiger partial charge in [-0.15, -0.1) is 0 Å². The highest BCUT2D eigenvalue weighted by Crippen LogP contribution is 2.43. The summed E-state index contributed by atoms with van der Waals surface area (Å²) in [7, 11) is -3.26. The molecule has 18 heavy (non-hydrogen) atoms. The van der Waals surface area contributed by atoms with Gasteiger partial charge in [-0.05, 0) is 19.3 Å². The molecule has 0 spiro atoms. The lowest BCUT2D eigenvalue weighted by Crippen LogP contribution is -2.17. The van der Waals surface area contributed by atoms with Gasteiger partial charge in [0.05, 0.1) is 5.92 Å². The highest BCUT2D eigenvalue weighted by molar-refractivity contribution is 7.57. The smallest absolute Gasteiger partial charge is 0.306 e. The van der Waals surface area contributed by atoms with Crippen LogP contribution in [0.5, 0.6) is 0 Å². The van der Waals surface area contributed by atoms with E-state index >= 15 is 0 Å². The van der Waals surface area contributed by atoms with E-state index in [0.717, 1.165) is 6.42 Å². The van der Waals surface area contributed by atoms with E-state index in [0.29, 0.717) is 6.42 Å². The maximum absolute atomic E-state index is 11.7. The standard InChI is InChI=1S/C11H21O6P/c1-2-3-7-18(16,17)8-6-9(11(14)15)4-5-10(12)13/h9H,2-8H2,1H3,(H,12,13)(H,14,15)(H,16,17). The highest BCUT2D eigenvalue weighted by Gasteiger charge is 2.24. The molecule has 0 heterocycles. The summed E-state index contributed by atoms with van der Waals surface area (Å²) in [5, 5.41) is 17.4. The van der Waals surface area contributed by atoms with Crippen LogP contribution in [0.3, 0.4) is 0 Å². The second-order valence-corrected chi connectivity index (χ2v) is 6.99. The first kappa shape index (κ1) is 17.1. The van der Waals surface area contributed by atoms with Crippen molar-refractivity contribution in [1.82, 2.24) is 0 Å². The van der Waals surface area contributed by atoms with Crippen LogP contribution in [0.1, 0.15) is 39.0 Å². The van der Waals surface area contributed by atoms with Gasteiger partial charge in [0.15, 0.2) is 0 Å². The Balaban J connectivity index is 4.21. The van der Waals surface area contributed by atoms with Gasteiger partial charge in [-0.2, -0.15) is 0 Å². The van der Waals surface area contributed by atoms with Crippen molar-refractivity contribution in [2.45, 2.75) is 39.0 Å². The summed E-state index contributed by atoms with van der Waals surface area (Å²) >= 11 is 0. The van der Waals surface area contributed by atoms with Gasteiger partial charge in [0.2, 0.25) is 7.37 Å². The van der Waals surface area contributed by atoms with Crippen molar-refractivity contribution in [1.29, 1.82) is 0 Å². The Hall–Kier alpha value is -0.870. The molecule has 0 saturated carbocycles. The van der Waals surface area contributed by atoms with E-state index in [9.17, 15) is 19.0 Å². The maximum atomic E-state index is 11.7. The molecule has 6 nitrogen and oxygen atoms in total. The van der Waals surface area contributed by atoms with E-state index in [-0.39, 0.29) is 31.6 Å². The molecule has 2 unspecified atom stereocenters. The molecule has 2 atom stereocenters. The molecule has 0 radical (unpaired) electrons.